The molecule has 2 aromatic rings. The third-order valence-electron chi connectivity index (χ3n) is 2.48. The minimum atomic E-state index is -0.0123. The van der Waals surface area contributed by atoms with Gasteiger partial charge in [-0.2, -0.15) is 0 Å². The second-order valence-electron chi connectivity index (χ2n) is 3.94. The van der Waals surface area contributed by atoms with Crippen LogP contribution in [0.1, 0.15) is 30.9 Å². The molecule has 92 valence electrons. The number of unbranched alkanes of at least 4 members (excludes halogenated alkanes) is 1. The molecule has 1 aromatic carbocycles. The Morgan fingerprint density at radius 1 is 1.11 bits per heavy atom. The Balaban J connectivity index is 2.06. The Morgan fingerprint density at radius 3 is 2.72 bits per heavy atom. The number of hydrogen-bond donors (Lipinski definition) is 0. The average molecular weight is 368 g/mol. The average Bonchev–Trinajstić information content (AvgIpc) is 2.86. The van der Waals surface area contributed by atoms with Crippen molar-refractivity contribution in [2.45, 2.75) is 24.2 Å². The van der Waals surface area contributed by atoms with Crippen LogP contribution in [-0.4, -0.2) is 20.9 Å². The zero-order valence-corrected chi connectivity index (χ0v) is 13.6. The van der Waals surface area contributed by atoms with Crippen molar-refractivity contribution in [2.24, 2.45) is 0 Å². The van der Waals surface area contributed by atoms with Crippen LogP contribution in [0.15, 0.2) is 41.8 Å². The summed E-state index contributed by atoms with van der Waals surface area (Å²) >= 11 is 1.88. The molecule has 0 aliphatic carbocycles. The Bertz CT molecular complexity index is 531. The molecule has 0 aliphatic rings. The number of hydrogen-bond acceptors (Lipinski definition) is 1. The maximum atomic E-state index is 3.33. The van der Waals surface area contributed by atoms with E-state index in [2.05, 4.69) is 42.3 Å². The molecule has 18 heavy (non-hydrogen) atoms. The molecule has 0 bridgehead atoms. The third-order valence-corrected chi connectivity index (χ3v) is 7.58. The molecule has 0 N–H and O–H groups in total. The SMILES string of the molecule is CCCC[Te]c1sccc1C#Cc1ccccc1. The van der Waals surface area contributed by atoms with Crippen molar-refractivity contribution >= 4 is 35.2 Å². The summed E-state index contributed by atoms with van der Waals surface area (Å²) in [5, 5.41) is 2.18. The van der Waals surface area contributed by atoms with Crippen LogP contribution in [-0.2, 0) is 0 Å². The quantitative estimate of drug-likeness (QED) is 0.439. The van der Waals surface area contributed by atoms with Crippen molar-refractivity contribution in [3.8, 4) is 11.8 Å². The summed E-state index contributed by atoms with van der Waals surface area (Å²) < 4.78 is 2.97. The minimum absolute atomic E-state index is 0.0123. The first-order valence-electron chi connectivity index (χ1n) is 6.17. The molecule has 0 saturated carbocycles. The monoisotopic (exact) mass is 370 g/mol. The molecule has 2 heteroatoms. The van der Waals surface area contributed by atoms with E-state index in [0.717, 1.165) is 5.56 Å². The van der Waals surface area contributed by atoms with Crippen LogP contribution in [0.4, 0.5) is 0 Å². The van der Waals surface area contributed by atoms with Gasteiger partial charge in [-0.1, -0.05) is 0 Å². The second kappa shape index (κ2) is 7.65. The van der Waals surface area contributed by atoms with E-state index in [9.17, 15) is 0 Å². The summed E-state index contributed by atoms with van der Waals surface area (Å²) in [6.45, 7) is 2.26. The first kappa shape index (κ1) is 13.7. The maximum absolute atomic E-state index is 3.33. The molecule has 1 heterocycles. The second-order valence-corrected chi connectivity index (χ2v) is 8.82. The Morgan fingerprint density at radius 2 is 1.94 bits per heavy atom. The molecule has 0 spiro atoms. The summed E-state index contributed by atoms with van der Waals surface area (Å²) in [6.07, 6.45) is 2.67. The molecule has 0 radical (unpaired) electrons. The van der Waals surface area contributed by atoms with Crippen LogP contribution in [0.2, 0.25) is 4.47 Å². The molecule has 0 saturated heterocycles. The van der Waals surface area contributed by atoms with E-state index in [1.807, 2.05) is 29.5 Å². The van der Waals surface area contributed by atoms with E-state index in [0.29, 0.717) is 0 Å². The van der Waals surface area contributed by atoms with Gasteiger partial charge in [-0.15, -0.1) is 0 Å². The molecule has 0 nitrogen and oxygen atoms in total. The van der Waals surface area contributed by atoms with E-state index >= 15 is 0 Å². The van der Waals surface area contributed by atoms with Crippen molar-refractivity contribution < 1.29 is 0 Å². The van der Waals surface area contributed by atoms with Crippen LogP contribution in [0.3, 0.4) is 0 Å². The van der Waals surface area contributed by atoms with Crippen LogP contribution in [0.25, 0.3) is 0 Å². The van der Waals surface area contributed by atoms with Gasteiger partial charge in [-0.25, -0.2) is 0 Å². The number of rotatable bonds is 4. The zero-order valence-electron chi connectivity index (χ0n) is 10.5. The van der Waals surface area contributed by atoms with Crippen LogP contribution in [0.5, 0.6) is 0 Å². The molecule has 0 aliphatic heterocycles. The summed E-state index contributed by atoms with van der Waals surface area (Å²) in [7, 11) is 0. The normalized spacial score (nSPS) is 9.83. The fourth-order valence-electron chi connectivity index (χ4n) is 1.47. The number of thiophene rings is 1. The summed E-state index contributed by atoms with van der Waals surface area (Å²) in [6, 6.07) is 12.4. The fourth-order valence-corrected chi connectivity index (χ4v) is 6.28. The standard InChI is InChI=1S/C16H16STe/c1-2-3-13-18-16-15(11-12-17-16)10-9-14-7-5-4-6-8-14/h4-8,11-12H,2-3,13H2,1H3. The third kappa shape index (κ3) is 4.18. The van der Waals surface area contributed by atoms with Crippen LogP contribution in [0, 0.1) is 11.8 Å². The first-order chi connectivity index (χ1) is 8.90. The Kier molecular flexibility index (Phi) is 5.82. The molecule has 0 atom stereocenters. The van der Waals surface area contributed by atoms with Crippen molar-refractivity contribution in [1.29, 1.82) is 0 Å². The van der Waals surface area contributed by atoms with Gasteiger partial charge in [0.2, 0.25) is 0 Å². The van der Waals surface area contributed by atoms with Gasteiger partial charge in [-0.3, -0.25) is 0 Å². The predicted octanol–water partition coefficient (Wildman–Crippen LogP) is 3.70. The van der Waals surface area contributed by atoms with E-state index in [1.54, 1.807) is 2.93 Å². The number of benzene rings is 1. The van der Waals surface area contributed by atoms with Crippen LogP contribution < -0.4 is 2.93 Å². The zero-order chi connectivity index (χ0) is 12.6. The van der Waals surface area contributed by atoms with E-state index in [-0.39, 0.29) is 20.9 Å². The molecule has 2 rings (SSSR count). The van der Waals surface area contributed by atoms with Gasteiger partial charge >= 0.3 is 124 Å². The van der Waals surface area contributed by atoms with Crippen molar-refractivity contribution in [3.63, 3.8) is 0 Å². The van der Waals surface area contributed by atoms with Crippen molar-refractivity contribution in [3.05, 3.63) is 52.9 Å². The van der Waals surface area contributed by atoms with Gasteiger partial charge < -0.3 is 0 Å². The summed E-state index contributed by atoms with van der Waals surface area (Å²) in [5.41, 5.74) is 2.37. The van der Waals surface area contributed by atoms with E-state index < -0.39 is 0 Å². The summed E-state index contributed by atoms with van der Waals surface area (Å²) in [5.74, 6) is 6.58. The fraction of sp³-hybridized carbons (Fsp3) is 0.250. The molecule has 1 aromatic heterocycles. The molecule has 0 amide bonds. The van der Waals surface area contributed by atoms with Gasteiger partial charge in [0.25, 0.3) is 0 Å². The predicted molar refractivity (Wildman–Crippen MR) is 81.8 cm³/mol. The molecular formula is C16H16STe. The van der Waals surface area contributed by atoms with E-state index in [4.69, 9.17) is 0 Å². The van der Waals surface area contributed by atoms with Crippen LogP contribution >= 0.6 is 11.3 Å². The Labute approximate surface area is 124 Å². The van der Waals surface area contributed by atoms with Crippen molar-refractivity contribution in [2.75, 3.05) is 0 Å². The summed E-state index contributed by atoms with van der Waals surface area (Å²) in [4.78, 5) is 0. The molecule has 0 fully saturated rings. The van der Waals surface area contributed by atoms with Gasteiger partial charge in [0.15, 0.2) is 0 Å². The van der Waals surface area contributed by atoms with Gasteiger partial charge in [0.05, 0.1) is 0 Å². The van der Waals surface area contributed by atoms with Gasteiger partial charge in [0.1, 0.15) is 0 Å². The topological polar surface area (TPSA) is 0 Å². The van der Waals surface area contributed by atoms with Crippen molar-refractivity contribution in [1.82, 2.24) is 0 Å². The first-order valence-corrected chi connectivity index (χ1v) is 9.87. The van der Waals surface area contributed by atoms with Gasteiger partial charge in [-0.05, 0) is 0 Å². The van der Waals surface area contributed by atoms with Gasteiger partial charge in [0, 0.05) is 0 Å². The Hall–Kier alpha value is -0.730. The van der Waals surface area contributed by atoms with E-state index in [1.165, 1.54) is 22.9 Å². The molecular weight excluding hydrogens is 352 g/mol. The molecule has 0 unspecified atom stereocenters.